The van der Waals surface area contributed by atoms with E-state index in [1.54, 1.807) is 12.1 Å². The fraction of sp³-hybridized carbons (Fsp3) is 0.417. The van der Waals surface area contributed by atoms with Crippen LogP contribution in [0.4, 0.5) is 0 Å². The SMILES string of the molecule is Cl.NCCCCNC(=O)c1cc(Cl)c2c(c1)OCO2. The number of fused-ring (bicyclic) bond motifs is 1. The molecule has 0 unspecified atom stereocenters. The van der Waals surface area contributed by atoms with Crippen molar-refractivity contribution in [2.45, 2.75) is 12.8 Å². The molecule has 106 valence electrons. The quantitative estimate of drug-likeness (QED) is 0.816. The average molecular weight is 307 g/mol. The molecule has 3 N–H and O–H groups in total. The van der Waals surface area contributed by atoms with Gasteiger partial charge in [-0.05, 0) is 31.5 Å². The number of nitrogens with two attached hydrogens (primary N) is 1. The minimum atomic E-state index is -0.174. The third kappa shape index (κ3) is 3.89. The van der Waals surface area contributed by atoms with Crippen LogP contribution in [-0.4, -0.2) is 25.8 Å². The van der Waals surface area contributed by atoms with Crippen LogP contribution in [0.25, 0.3) is 0 Å². The Balaban J connectivity index is 0.00000180. The minimum Gasteiger partial charge on any atom is -0.454 e. The number of carbonyl (C=O) groups is 1. The van der Waals surface area contributed by atoms with E-state index in [9.17, 15) is 4.79 Å². The third-order valence-corrected chi connectivity index (χ3v) is 2.89. The third-order valence-electron chi connectivity index (χ3n) is 2.61. The zero-order valence-electron chi connectivity index (χ0n) is 10.3. The van der Waals surface area contributed by atoms with Gasteiger partial charge in [0.1, 0.15) is 0 Å². The monoisotopic (exact) mass is 306 g/mol. The topological polar surface area (TPSA) is 73.6 Å². The molecule has 0 fully saturated rings. The molecule has 0 radical (unpaired) electrons. The molecule has 7 heteroatoms. The predicted octanol–water partition coefficient (Wildman–Crippen LogP) is 1.96. The van der Waals surface area contributed by atoms with E-state index in [4.69, 9.17) is 26.8 Å². The summed E-state index contributed by atoms with van der Waals surface area (Å²) in [5, 5.41) is 3.19. The highest BCUT2D eigenvalue weighted by molar-refractivity contribution is 6.32. The molecule has 5 nitrogen and oxygen atoms in total. The number of halogens is 2. The Hall–Kier alpha value is -1.17. The molecule has 0 saturated carbocycles. The summed E-state index contributed by atoms with van der Waals surface area (Å²) in [6, 6.07) is 3.21. The van der Waals surface area contributed by atoms with E-state index in [1.165, 1.54) is 0 Å². The summed E-state index contributed by atoms with van der Waals surface area (Å²) in [4.78, 5) is 11.9. The average Bonchev–Trinajstić information content (AvgIpc) is 2.83. The van der Waals surface area contributed by atoms with Crippen LogP contribution in [0.1, 0.15) is 23.2 Å². The zero-order valence-corrected chi connectivity index (χ0v) is 11.9. The Bertz CT molecular complexity index is 455. The van der Waals surface area contributed by atoms with Crippen LogP contribution in [0.5, 0.6) is 11.5 Å². The molecule has 0 bridgehead atoms. The maximum Gasteiger partial charge on any atom is 0.251 e. The second-order valence-electron chi connectivity index (χ2n) is 3.94. The van der Waals surface area contributed by atoms with Gasteiger partial charge in [0.05, 0.1) is 5.02 Å². The Morgan fingerprint density at radius 1 is 1.37 bits per heavy atom. The Morgan fingerprint density at radius 3 is 2.89 bits per heavy atom. The molecule has 2 rings (SSSR count). The van der Waals surface area contributed by atoms with Crippen molar-refractivity contribution in [2.75, 3.05) is 19.9 Å². The predicted molar refractivity (Wildman–Crippen MR) is 75.4 cm³/mol. The first-order valence-corrected chi connectivity index (χ1v) is 6.17. The lowest BCUT2D eigenvalue weighted by molar-refractivity contribution is 0.0952. The summed E-state index contributed by atoms with van der Waals surface area (Å²) in [5.41, 5.74) is 5.85. The van der Waals surface area contributed by atoms with Crippen LogP contribution >= 0.6 is 24.0 Å². The lowest BCUT2D eigenvalue weighted by Crippen LogP contribution is -2.24. The molecule has 0 aliphatic carbocycles. The second kappa shape index (κ2) is 7.43. The molecular formula is C12H16Cl2N2O3. The molecule has 0 spiro atoms. The lowest BCUT2D eigenvalue weighted by Gasteiger charge is -2.06. The number of nitrogens with one attached hydrogen (secondary N) is 1. The van der Waals surface area contributed by atoms with Crippen molar-refractivity contribution in [1.82, 2.24) is 5.32 Å². The molecule has 1 aromatic carbocycles. The molecule has 1 aliphatic heterocycles. The molecule has 0 aromatic heterocycles. The molecule has 0 saturated heterocycles. The van der Waals surface area contributed by atoms with Crippen molar-refractivity contribution < 1.29 is 14.3 Å². The number of rotatable bonds is 5. The Kier molecular flexibility index (Phi) is 6.21. The van der Waals surface area contributed by atoms with Crippen LogP contribution in [-0.2, 0) is 0 Å². The number of carbonyl (C=O) groups excluding carboxylic acids is 1. The van der Waals surface area contributed by atoms with Gasteiger partial charge in [0.25, 0.3) is 5.91 Å². The highest BCUT2D eigenvalue weighted by Gasteiger charge is 2.20. The highest BCUT2D eigenvalue weighted by atomic mass is 35.5. The lowest BCUT2D eigenvalue weighted by atomic mass is 10.2. The standard InChI is InChI=1S/C12H15ClN2O3.ClH/c13-9-5-8(6-10-11(9)18-7-17-10)12(16)15-4-2-1-3-14;/h5-6H,1-4,7,14H2,(H,15,16);1H. The number of benzene rings is 1. The number of unbranched alkanes of at least 4 members (excludes halogenated alkanes) is 1. The summed E-state index contributed by atoms with van der Waals surface area (Å²) < 4.78 is 10.4. The van der Waals surface area contributed by atoms with Crippen molar-refractivity contribution in [1.29, 1.82) is 0 Å². The van der Waals surface area contributed by atoms with Gasteiger partial charge in [-0.25, -0.2) is 0 Å². The van der Waals surface area contributed by atoms with Crippen molar-refractivity contribution in [3.63, 3.8) is 0 Å². The molecule has 19 heavy (non-hydrogen) atoms. The smallest absolute Gasteiger partial charge is 0.251 e. The fourth-order valence-electron chi connectivity index (χ4n) is 1.67. The van der Waals surface area contributed by atoms with Gasteiger partial charge in [-0.2, -0.15) is 0 Å². The van der Waals surface area contributed by atoms with E-state index in [2.05, 4.69) is 5.32 Å². The van der Waals surface area contributed by atoms with Gasteiger partial charge in [0.2, 0.25) is 6.79 Å². The van der Waals surface area contributed by atoms with Gasteiger partial charge in [0, 0.05) is 12.1 Å². The maximum atomic E-state index is 11.9. The summed E-state index contributed by atoms with van der Waals surface area (Å²) in [6.07, 6.45) is 1.75. The first-order chi connectivity index (χ1) is 8.72. The van der Waals surface area contributed by atoms with Crippen LogP contribution < -0.4 is 20.5 Å². The van der Waals surface area contributed by atoms with E-state index in [0.29, 0.717) is 35.2 Å². The Labute approximate surface area is 122 Å². The summed E-state index contributed by atoms with van der Waals surface area (Å²) in [7, 11) is 0. The zero-order chi connectivity index (χ0) is 13.0. The van der Waals surface area contributed by atoms with Gasteiger partial charge in [0.15, 0.2) is 11.5 Å². The number of ether oxygens (including phenoxy) is 2. The first kappa shape index (κ1) is 15.9. The molecular weight excluding hydrogens is 291 g/mol. The fourth-order valence-corrected chi connectivity index (χ4v) is 1.94. The van der Waals surface area contributed by atoms with E-state index in [1.807, 2.05) is 0 Å². The molecule has 0 atom stereocenters. The van der Waals surface area contributed by atoms with Crippen molar-refractivity contribution in [3.05, 3.63) is 22.7 Å². The van der Waals surface area contributed by atoms with Gasteiger partial charge < -0.3 is 20.5 Å². The van der Waals surface area contributed by atoms with Crippen LogP contribution in [0, 0.1) is 0 Å². The number of amides is 1. The Morgan fingerprint density at radius 2 is 2.16 bits per heavy atom. The number of hydrogen-bond acceptors (Lipinski definition) is 4. The van der Waals surface area contributed by atoms with E-state index in [0.717, 1.165) is 12.8 Å². The summed E-state index contributed by atoms with van der Waals surface area (Å²) in [6.45, 7) is 1.37. The molecule has 1 amide bonds. The van der Waals surface area contributed by atoms with E-state index < -0.39 is 0 Å². The van der Waals surface area contributed by atoms with Gasteiger partial charge >= 0.3 is 0 Å². The van der Waals surface area contributed by atoms with E-state index >= 15 is 0 Å². The maximum absolute atomic E-state index is 11.9. The van der Waals surface area contributed by atoms with Gasteiger partial charge in [-0.15, -0.1) is 12.4 Å². The van der Waals surface area contributed by atoms with Crippen molar-refractivity contribution in [3.8, 4) is 11.5 Å². The summed E-state index contributed by atoms with van der Waals surface area (Å²) >= 11 is 6.00. The van der Waals surface area contributed by atoms with Gasteiger partial charge in [-0.1, -0.05) is 11.6 Å². The van der Waals surface area contributed by atoms with E-state index in [-0.39, 0.29) is 25.1 Å². The number of hydrogen-bond donors (Lipinski definition) is 2. The highest BCUT2D eigenvalue weighted by Crippen LogP contribution is 2.39. The second-order valence-corrected chi connectivity index (χ2v) is 4.35. The largest absolute Gasteiger partial charge is 0.454 e. The summed E-state index contributed by atoms with van der Waals surface area (Å²) in [5.74, 6) is 0.832. The molecule has 1 aliphatic rings. The van der Waals surface area contributed by atoms with Crippen LogP contribution in [0.2, 0.25) is 5.02 Å². The van der Waals surface area contributed by atoms with Crippen molar-refractivity contribution >= 4 is 29.9 Å². The molecule has 1 aromatic rings. The van der Waals surface area contributed by atoms with Crippen LogP contribution in [0.15, 0.2) is 12.1 Å². The molecule has 1 heterocycles. The normalized spacial score (nSPS) is 11.9. The van der Waals surface area contributed by atoms with Crippen molar-refractivity contribution in [2.24, 2.45) is 5.73 Å². The van der Waals surface area contributed by atoms with Gasteiger partial charge in [-0.3, -0.25) is 4.79 Å². The van der Waals surface area contributed by atoms with Crippen LogP contribution in [0.3, 0.4) is 0 Å². The first-order valence-electron chi connectivity index (χ1n) is 5.80. The minimum absolute atomic E-state index is 0.